The van der Waals surface area contributed by atoms with Gasteiger partial charge in [-0.05, 0) is 44.7 Å². The number of amides is 1. The lowest BCUT2D eigenvalue weighted by atomic mass is 9.78. The van der Waals surface area contributed by atoms with Crippen molar-refractivity contribution in [3.63, 3.8) is 0 Å². The first-order chi connectivity index (χ1) is 10.1. The molecule has 4 heteroatoms. The van der Waals surface area contributed by atoms with Crippen molar-refractivity contribution < 1.29 is 4.79 Å². The van der Waals surface area contributed by atoms with Crippen molar-refractivity contribution in [1.82, 2.24) is 15.5 Å². The molecule has 1 amide bonds. The Morgan fingerprint density at radius 2 is 1.95 bits per heavy atom. The van der Waals surface area contributed by atoms with Crippen molar-refractivity contribution in [2.24, 2.45) is 11.8 Å². The first kappa shape index (κ1) is 16.8. The zero-order valence-corrected chi connectivity index (χ0v) is 14.0. The van der Waals surface area contributed by atoms with Gasteiger partial charge in [0.2, 0.25) is 5.91 Å². The number of hydrogen-bond donors (Lipinski definition) is 2. The molecule has 0 spiro atoms. The van der Waals surface area contributed by atoms with Gasteiger partial charge in [-0.3, -0.25) is 9.69 Å². The second kappa shape index (κ2) is 8.14. The average Bonchev–Trinajstić information content (AvgIpc) is 2.46. The molecule has 1 heterocycles. The lowest BCUT2D eigenvalue weighted by molar-refractivity contribution is -0.124. The number of rotatable bonds is 5. The Morgan fingerprint density at radius 1 is 1.14 bits per heavy atom. The summed E-state index contributed by atoms with van der Waals surface area (Å²) in [7, 11) is 2.00. The minimum absolute atomic E-state index is 0.226. The van der Waals surface area contributed by atoms with Crippen LogP contribution in [0.1, 0.15) is 52.4 Å². The number of carbonyl (C=O) groups is 1. The standard InChI is InChI=1S/C17H33N3O/c1-13-7-6-9-16(14(13)2)19-17(21)12-20-10-5-4-8-15(20)11-18-3/h13-16,18H,4-12H2,1-3H3,(H,19,21). The fourth-order valence-electron chi connectivity index (χ4n) is 3.96. The lowest BCUT2D eigenvalue weighted by Crippen LogP contribution is -2.52. The molecule has 0 radical (unpaired) electrons. The van der Waals surface area contributed by atoms with Crippen molar-refractivity contribution >= 4 is 5.91 Å². The Balaban J connectivity index is 1.82. The number of carbonyl (C=O) groups excluding carboxylic acids is 1. The van der Waals surface area contributed by atoms with Crippen LogP contribution in [0, 0.1) is 11.8 Å². The first-order valence-corrected chi connectivity index (χ1v) is 8.79. The van der Waals surface area contributed by atoms with E-state index >= 15 is 0 Å². The summed E-state index contributed by atoms with van der Waals surface area (Å²) < 4.78 is 0. The second-order valence-corrected chi connectivity index (χ2v) is 7.12. The van der Waals surface area contributed by atoms with Crippen LogP contribution in [-0.4, -0.2) is 49.6 Å². The number of nitrogens with zero attached hydrogens (tertiary/aromatic N) is 1. The maximum absolute atomic E-state index is 12.4. The minimum atomic E-state index is 0.226. The fourth-order valence-corrected chi connectivity index (χ4v) is 3.96. The van der Waals surface area contributed by atoms with Gasteiger partial charge in [0.05, 0.1) is 6.54 Å². The molecule has 2 fully saturated rings. The van der Waals surface area contributed by atoms with Gasteiger partial charge in [-0.25, -0.2) is 0 Å². The first-order valence-electron chi connectivity index (χ1n) is 8.79. The zero-order valence-electron chi connectivity index (χ0n) is 14.0. The molecule has 21 heavy (non-hydrogen) atoms. The predicted molar refractivity (Wildman–Crippen MR) is 87.2 cm³/mol. The van der Waals surface area contributed by atoms with E-state index < -0.39 is 0 Å². The van der Waals surface area contributed by atoms with E-state index in [0.29, 0.717) is 24.5 Å². The van der Waals surface area contributed by atoms with E-state index in [1.165, 1.54) is 32.1 Å². The van der Waals surface area contributed by atoms with Gasteiger partial charge in [-0.1, -0.05) is 33.1 Å². The van der Waals surface area contributed by atoms with Crippen LogP contribution in [0.25, 0.3) is 0 Å². The predicted octanol–water partition coefficient (Wildman–Crippen LogP) is 2.00. The Labute approximate surface area is 130 Å². The van der Waals surface area contributed by atoms with Crippen LogP contribution < -0.4 is 10.6 Å². The van der Waals surface area contributed by atoms with Crippen LogP contribution >= 0.6 is 0 Å². The minimum Gasteiger partial charge on any atom is -0.352 e. The molecule has 2 N–H and O–H groups in total. The van der Waals surface area contributed by atoms with E-state index in [-0.39, 0.29) is 5.91 Å². The van der Waals surface area contributed by atoms with E-state index in [1.54, 1.807) is 0 Å². The molecule has 0 bridgehead atoms. The van der Waals surface area contributed by atoms with Crippen LogP contribution in [-0.2, 0) is 4.79 Å². The molecule has 0 aromatic carbocycles. The molecule has 2 rings (SSSR count). The summed E-state index contributed by atoms with van der Waals surface area (Å²) >= 11 is 0. The molecule has 1 aliphatic carbocycles. The fraction of sp³-hybridized carbons (Fsp3) is 0.941. The number of likely N-dealkylation sites (N-methyl/N-ethyl adjacent to an activating group) is 1. The average molecular weight is 295 g/mol. The molecular formula is C17H33N3O. The monoisotopic (exact) mass is 295 g/mol. The summed E-state index contributed by atoms with van der Waals surface area (Å²) in [6, 6.07) is 0.908. The van der Waals surface area contributed by atoms with Gasteiger partial charge in [0.25, 0.3) is 0 Å². The van der Waals surface area contributed by atoms with Gasteiger partial charge in [-0.15, -0.1) is 0 Å². The molecular weight excluding hydrogens is 262 g/mol. The molecule has 0 aromatic heterocycles. The summed E-state index contributed by atoms with van der Waals surface area (Å²) in [6.45, 7) is 7.24. The number of likely N-dealkylation sites (tertiary alicyclic amines) is 1. The van der Waals surface area contributed by atoms with Crippen LogP contribution in [0.4, 0.5) is 0 Å². The Hall–Kier alpha value is -0.610. The number of hydrogen-bond acceptors (Lipinski definition) is 3. The molecule has 4 nitrogen and oxygen atoms in total. The number of nitrogens with one attached hydrogen (secondary N) is 2. The topological polar surface area (TPSA) is 44.4 Å². The third-order valence-corrected chi connectivity index (χ3v) is 5.59. The molecule has 4 atom stereocenters. The van der Waals surface area contributed by atoms with E-state index in [9.17, 15) is 4.79 Å². The summed E-state index contributed by atoms with van der Waals surface area (Å²) in [5.41, 5.74) is 0. The van der Waals surface area contributed by atoms with Crippen LogP contribution in [0.2, 0.25) is 0 Å². The summed E-state index contributed by atoms with van der Waals surface area (Å²) in [4.78, 5) is 14.8. The third-order valence-electron chi connectivity index (χ3n) is 5.59. The van der Waals surface area contributed by atoms with E-state index in [4.69, 9.17) is 0 Å². The van der Waals surface area contributed by atoms with E-state index in [0.717, 1.165) is 25.4 Å². The van der Waals surface area contributed by atoms with Crippen molar-refractivity contribution in [3.8, 4) is 0 Å². The van der Waals surface area contributed by atoms with E-state index in [2.05, 4.69) is 29.4 Å². The van der Waals surface area contributed by atoms with Gasteiger partial charge >= 0.3 is 0 Å². The molecule has 2 aliphatic rings. The lowest BCUT2D eigenvalue weighted by Gasteiger charge is -2.37. The van der Waals surface area contributed by atoms with Crippen molar-refractivity contribution in [1.29, 1.82) is 0 Å². The third kappa shape index (κ3) is 4.68. The Morgan fingerprint density at radius 3 is 2.71 bits per heavy atom. The summed E-state index contributed by atoms with van der Waals surface area (Å²) in [5.74, 6) is 1.57. The van der Waals surface area contributed by atoms with Crippen molar-refractivity contribution in [2.45, 2.75) is 64.5 Å². The van der Waals surface area contributed by atoms with Crippen LogP contribution in [0.15, 0.2) is 0 Å². The number of piperidine rings is 1. The highest BCUT2D eigenvalue weighted by molar-refractivity contribution is 5.78. The van der Waals surface area contributed by atoms with Crippen molar-refractivity contribution in [3.05, 3.63) is 0 Å². The normalized spacial score (nSPS) is 34.6. The van der Waals surface area contributed by atoms with Gasteiger partial charge in [0, 0.05) is 18.6 Å². The smallest absolute Gasteiger partial charge is 0.234 e. The molecule has 4 unspecified atom stereocenters. The van der Waals surface area contributed by atoms with E-state index in [1.807, 2.05) is 7.05 Å². The molecule has 1 saturated heterocycles. The Kier molecular flexibility index (Phi) is 6.49. The summed E-state index contributed by atoms with van der Waals surface area (Å²) in [6.07, 6.45) is 7.45. The summed E-state index contributed by atoms with van der Waals surface area (Å²) in [5, 5.41) is 6.57. The maximum Gasteiger partial charge on any atom is 0.234 e. The van der Waals surface area contributed by atoms with Gasteiger partial charge in [0.15, 0.2) is 0 Å². The SMILES string of the molecule is CNCC1CCCCN1CC(=O)NC1CCCC(C)C1C. The molecule has 1 saturated carbocycles. The molecule has 122 valence electrons. The Bertz CT molecular complexity index is 332. The van der Waals surface area contributed by atoms with Gasteiger partial charge in [-0.2, -0.15) is 0 Å². The molecule has 0 aromatic rings. The second-order valence-electron chi connectivity index (χ2n) is 7.12. The zero-order chi connectivity index (χ0) is 15.2. The quantitative estimate of drug-likeness (QED) is 0.815. The molecule has 1 aliphatic heterocycles. The highest BCUT2D eigenvalue weighted by Crippen LogP contribution is 2.29. The largest absolute Gasteiger partial charge is 0.352 e. The highest BCUT2D eigenvalue weighted by Gasteiger charge is 2.29. The van der Waals surface area contributed by atoms with Crippen LogP contribution in [0.5, 0.6) is 0 Å². The highest BCUT2D eigenvalue weighted by atomic mass is 16.2. The van der Waals surface area contributed by atoms with Gasteiger partial charge in [0.1, 0.15) is 0 Å². The van der Waals surface area contributed by atoms with Crippen molar-refractivity contribution in [2.75, 3.05) is 26.7 Å². The van der Waals surface area contributed by atoms with Gasteiger partial charge < -0.3 is 10.6 Å². The maximum atomic E-state index is 12.4. The van der Waals surface area contributed by atoms with Crippen LogP contribution in [0.3, 0.4) is 0 Å².